The number of anilines is 1. The van der Waals surface area contributed by atoms with Crippen LogP contribution < -0.4 is 4.90 Å². The first-order valence-electron chi connectivity index (χ1n) is 11.6. The SMILES string of the molecule is Cc1ccc(-n2c(SCC(=O)c3cc(C)n(-c4cc(C)on4)c3C)nnc2N2CCOCC2)cc1. The Labute approximate surface area is 208 Å². The lowest BCUT2D eigenvalue weighted by Crippen LogP contribution is -2.37. The summed E-state index contributed by atoms with van der Waals surface area (Å²) in [4.78, 5) is 15.5. The maximum Gasteiger partial charge on any atom is 0.232 e. The van der Waals surface area contributed by atoms with Crippen molar-refractivity contribution in [2.24, 2.45) is 0 Å². The molecule has 1 aliphatic rings. The molecule has 1 fully saturated rings. The van der Waals surface area contributed by atoms with Crippen LogP contribution in [0.4, 0.5) is 5.95 Å². The Kier molecular flexibility index (Phi) is 6.48. The van der Waals surface area contributed by atoms with Gasteiger partial charge in [-0.3, -0.25) is 13.9 Å². The minimum absolute atomic E-state index is 0.0287. The molecule has 35 heavy (non-hydrogen) atoms. The van der Waals surface area contributed by atoms with Gasteiger partial charge in [0.15, 0.2) is 16.8 Å². The molecule has 1 aliphatic heterocycles. The van der Waals surface area contributed by atoms with E-state index in [1.165, 1.54) is 17.3 Å². The van der Waals surface area contributed by atoms with Crippen molar-refractivity contribution in [3.8, 4) is 11.5 Å². The van der Waals surface area contributed by atoms with E-state index < -0.39 is 0 Å². The smallest absolute Gasteiger partial charge is 0.232 e. The standard InChI is InChI=1S/C25H28N6O3S/c1-16-5-7-20(8-6-16)31-24(29-9-11-33-12-10-29)26-27-25(31)35-15-22(32)21-13-17(2)30(19(21)4)23-14-18(3)34-28-23/h5-8,13-14H,9-12,15H2,1-4H3. The number of thioether (sulfide) groups is 1. The van der Waals surface area contributed by atoms with Gasteiger partial charge in [0.1, 0.15) is 5.76 Å². The van der Waals surface area contributed by atoms with Crippen LogP contribution in [0.3, 0.4) is 0 Å². The second-order valence-corrected chi connectivity index (χ2v) is 9.62. The highest BCUT2D eigenvalue weighted by Crippen LogP contribution is 2.29. The normalized spacial score (nSPS) is 14.0. The predicted molar refractivity (Wildman–Crippen MR) is 134 cm³/mol. The summed E-state index contributed by atoms with van der Waals surface area (Å²) in [6.45, 7) is 10.6. The van der Waals surface area contributed by atoms with Crippen LogP contribution in [0.2, 0.25) is 0 Å². The quantitative estimate of drug-likeness (QED) is 0.281. The predicted octanol–water partition coefficient (Wildman–Crippen LogP) is 4.09. The van der Waals surface area contributed by atoms with Gasteiger partial charge in [-0.2, -0.15) is 0 Å². The molecular weight excluding hydrogens is 464 g/mol. The first-order chi connectivity index (χ1) is 16.9. The Morgan fingerprint density at radius 1 is 1.00 bits per heavy atom. The maximum atomic E-state index is 13.3. The van der Waals surface area contributed by atoms with Crippen molar-refractivity contribution in [3.05, 3.63) is 64.7 Å². The molecule has 0 atom stereocenters. The van der Waals surface area contributed by atoms with Gasteiger partial charge in [-0.25, -0.2) is 0 Å². The number of ketones is 1. The van der Waals surface area contributed by atoms with Gasteiger partial charge in [0.2, 0.25) is 5.95 Å². The zero-order valence-corrected chi connectivity index (χ0v) is 21.1. The Morgan fingerprint density at radius 3 is 2.43 bits per heavy atom. The van der Waals surface area contributed by atoms with Crippen LogP contribution in [-0.2, 0) is 4.74 Å². The van der Waals surface area contributed by atoms with E-state index in [1.807, 2.05) is 42.0 Å². The molecule has 0 unspecified atom stereocenters. The van der Waals surface area contributed by atoms with E-state index >= 15 is 0 Å². The zero-order valence-electron chi connectivity index (χ0n) is 20.3. The molecule has 0 N–H and O–H groups in total. The summed E-state index contributed by atoms with van der Waals surface area (Å²) in [5.41, 5.74) is 4.59. The number of morpholine rings is 1. The number of benzene rings is 1. The van der Waals surface area contributed by atoms with E-state index in [9.17, 15) is 4.79 Å². The second-order valence-electron chi connectivity index (χ2n) is 8.68. The monoisotopic (exact) mass is 492 g/mol. The largest absolute Gasteiger partial charge is 0.378 e. The number of rotatable bonds is 7. The highest BCUT2D eigenvalue weighted by Gasteiger charge is 2.24. The Hall–Kier alpha value is -3.37. The number of carbonyl (C=O) groups excluding carboxylic acids is 1. The Bertz CT molecular complexity index is 1350. The van der Waals surface area contributed by atoms with E-state index in [0.717, 1.165) is 41.9 Å². The van der Waals surface area contributed by atoms with Crippen molar-refractivity contribution in [2.75, 3.05) is 37.0 Å². The molecule has 9 nitrogen and oxygen atoms in total. The van der Waals surface area contributed by atoms with Crippen molar-refractivity contribution >= 4 is 23.5 Å². The highest BCUT2D eigenvalue weighted by molar-refractivity contribution is 7.99. The number of nitrogens with zero attached hydrogens (tertiary/aromatic N) is 6. The van der Waals surface area contributed by atoms with Crippen LogP contribution in [-0.4, -0.2) is 62.3 Å². The number of ether oxygens (including phenoxy) is 1. The van der Waals surface area contributed by atoms with Crippen molar-refractivity contribution in [1.82, 2.24) is 24.5 Å². The number of hydrogen-bond donors (Lipinski definition) is 0. The number of aryl methyl sites for hydroxylation is 3. The Morgan fingerprint density at radius 2 is 1.74 bits per heavy atom. The molecule has 1 saturated heterocycles. The van der Waals surface area contributed by atoms with Crippen LogP contribution in [0.1, 0.15) is 33.1 Å². The summed E-state index contributed by atoms with van der Waals surface area (Å²) >= 11 is 1.40. The van der Waals surface area contributed by atoms with E-state index in [1.54, 1.807) is 0 Å². The molecule has 0 amide bonds. The van der Waals surface area contributed by atoms with Gasteiger partial charge in [0.25, 0.3) is 0 Å². The average molecular weight is 493 g/mol. The molecular formula is C25H28N6O3S. The van der Waals surface area contributed by atoms with Crippen LogP contribution >= 0.6 is 11.8 Å². The van der Waals surface area contributed by atoms with Crippen molar-refractivity contribution < 1.29 is 14.1 Å². The lowest BCUT2D eigenvalue weighted by molar-refractivity contribution is 0.102. The number of Topliss-reactive ketones (excluding diaryl/α,β-unsaturated/α-hetero) is 1. The summed E-state index contributed by atoms with van der Waals surface area (Å²) in [6, 6.07) is 12.0. The van der Waals surface area contributed by atoms with Gasteiger partial charge in [0.05, 0.1) is 24.7 Å². The summed E-state index contributed by atoms with van der Waals surface area (Å²) in [7, 11) is 0. The third-order valence-corrected chi connectivity index (χ3v) is 7.04. The van der Waals surface area contributed by atoms with Gasteiger partial charge in [0, 0.05) is 36.1 Å². The molecule has 10 heteroatoms. The van der Waals surface area contributed by atoms with Crippen LogP contribution in [0.25, 0.3) is 11.5 Å². The first kappa shape index (κ1) is 23.4. The van der Waals surface area contributed by atoms with E-state index in [-0.39, 0.29) is 11.5 Å². The van der Waals surface area contributed by atoms with Gasteiger partial charge in [-0.05, 0) is 45.9 Å². The lowest BCUT2D eigenvalue weighted by Gasteiger charge is -2.27. The minimum atomic E-state index is 0.0287. The maximum absolute atomic E-state index is 13.3. The minimum Gasteiger partial charge on any atom is -0.378 e. The molecule has 0 bridgehead atoms. The van der Waals surface area contributed by atoms with Gasteiger partial charge >= 0.3 is 0 Å². The van der Waals surface area contributed by atoms with Crippen molar-refractivity contribution in [2.45, 2.75) is 32.9 Å². The molecule has 0 radical (unpaired) electrons. The highest BCUT2D eigenvalue weighted by atomic mass is 32.2. The molecule has 0 spiro atoms. The molecule has 0 saturated carbocycles. The van der Waals surface area contributed by atoms with Gasteiger partial charge in [-0.1, -0.05) is 34.6 Å². The summed E-state index contributed by atoms with van der Waals surface area (Å²) in [5, 5.41) is 13.8. The molecule has 0 aliphatic carbocycles. The fraction of sp³-hybridized carbons (Fsp3) is 0.360. The average Bonchev–Trinajstić information content (AvgIpc) is 3.55. The molecule has 3 aromatic heterocycles. The summed E-state index contributed by atoms with van der Waals surface area (Å²) in [5.74, 6) is 2.45. The number of aromatic nitrogens is 5. The van der Waals surface area contributed by atoms with Gasteiger partial charge in [-0.15, -0.1) is 10.2 Å². The summed E-state index contributed by atoms with van der Waals surface area (Å²) < 4.78 is 14.7. The van der Waals surface area contributed by atoms with E-state index in [4.69, 9.17) is 9.26 Å². The molecule has 1 aromatic carbocycles. The van der Waals surface area contributed by atoms with Crippen LogP contribution in [0.15, 0.2) is 46.1 Å². The topological polar surface area (TPSA) is 91.2 Å². The second kappa shape index (κ2) is 9.71. The first-order valence-corrected chi connectivity index (χ1v) is 12.5. The van der Waals surface area contributed by atoms with Crippen molar-refractivity contribution in [1.29, 1.82) is 0 Å². The molecule has 5 rings (SSSR count). The Balaban J connectivity index is 1.41. The number of hydrogen-bond acceptors (Lipinski definition) is 8. The molecule has 4 aromatic rings. The van der Waals surface area contributed by atoms with E-state index in [0.29, 0.717) is 29.8 Å². The fourth-order valence-electron chi connectivity index (χ4n) is 4.31. The third-order valence-electron chi connectivity index (χ3n) is 6.11. The number of carbonyl (C=O) groups is 1. The fourth-order valence-corrected chi connectivity index (χ4v) is 5.14. The zero-order chi connectivity index (χ0) is 24.5. The van der Waals surface area contributed by atoms with Gasteiger partial charge < -0.3 is 14.2 Å². The van der Waals surface area contributed by atoms with Crippen LogP contribution in [0.5, 0.6) is 0 Å². The molecule has 182 valence electrons. The lowest BCUT2D eigenvalue weighted by atomic mass is 10.2. The van der Waals surface area contributed by atoms with Crippen LogP contribution in [0, 0.1) is 27.7 Å². The van der Waals surface area contributed by atoms with Crippen molar-refractivity contribution in [3.63, 3.8) is 0 Å². The summed E-state index contributed by atoms with van der Waals surface area (Å²) in [6.07, 6.45) is 0. The van der Waals surface area contributed by atoms with E-state index in [2.05, 4.69) is 51.4 Å². The third kappa shape index (κ3) is 4.63. The molecule has 4 heterocycles.